The van der Waals surface area contributed by atoms with Crippen LogP contribution in [0.25, 0.3) is 11.1 Å². The fourth-order valence-electron chi connectivity index (χ4n) is 3.59. The Labute approximate surface area is 187 Å². The molecular weight excluding hydrogens is 428 g/mol. The number of anilines is 1. The maximum atomic E-state index is 13.1. The summed E-state index contributed by atoms with van der Waals surface area (Å²) >= 11 is 1.24. The number of hydrogen-bond donors (Lipinski definition) is 1. The Kier molecular flexibility index (Phi) is 5.07. The van der Waals surface area contributed by atoms with E-state index in [1.807, 2.05) is 30.3 Å². The SMILES string of the molecule is O=C(OCN1C(=O)c2ccccc2C1=O)c1c(-c2ccccc2)csc1NC(=O)C1CC1. The maximum Gasteiger partial charge on any atom is 0.343 e. The van der Waals surface area contributed by atoms with Crippen LogP contribution in [0.5, 0.6) is 0 Å². The topological polar surface area (TPSA) is 92.8 Å². The van der Waals surface area contributed by atoms with E-state index in [9.17, 15) is 19.2 Å². The molecule has 1 aliphatic heterocycles. The van der Waals surface area contributed by atoms with Gasteiger partial charge in [0.15, 0.2) is 6.73 Å². The second kappa shape index (κ2) is 8.05. The van der Waals surface area contributed by atoms with E-state index in [1.165, 1.54) is 11.3 Å². The maximum absolute atomic E-state index is 13.1. The molecule has 32 heavy (non-hydrogen) atoms. The number of carbonyl (C=O) groups excluding carboxylic acids is 4. The Hall–Kier alpha value is -3.78. The minimum atomic E-state index is -0.715. The molecule has 8 heteroatoms. The molecule has 1 aromatic heterocycles. The molecule has 0 unspecified atom stereocenters. The number of amides is 3. The largest absolute Gasteiger partial charge is 0.440 e. The third-order valence-corrected chi connectivity index (χ3v) is 6.36. The highest BCUT2D eigenvalue weighted by Gasteiger charge is 2.36. The molecule has 0 bridgehead atoms. The summed E-state index contributed by atoms with van der Waals surface area (Å²) in [5, 5.41) is 5.02. The van der Waals surface area contributed by atoms with Crippen LogP contribution in [0, 0.1) is 5.92 Å². The van der Waals surface area contributed by atoms with Crippen LogP contribution in [0.2, 0.25) is 0 Å². The van der Waals surface area contributed by atoms with E-state index in [1.54, 1.807) is 29.6 Å². The first-order valence-corrected chi connectivity index (χ1v) is 11.0. The molecule has 3 aromatic rings. The summed E-state index contributed by atoms with van der Waals surface area (Å²) in [5.41, 5.74) is 2.20. The van der Waals surface area contributed by atoms with Gasteiger partial charge in [-0.2, -0.15) is 0 Å². The lowest BCUT2D eigenvalue weighted by molar-refractivity contribution is -0.117. The van der Waals surface area contributed by atoms with E-state index in [0.29, 0.717) is 10.6 Å². The smallest absolute Gasteiger partial charge is 0.343 e. The normalized spacial score (nSPS) is 14.9. The number of nitrogens with one attached hydrogen (secondary N) is 1. The van der Waals surface area contributed by atoms with Crippen LogP contribution in [0.4, 0.5) is 5.00 Å². The molecule has 7 nitrogen and oxygen atoms in total. The second-order valence-corrected chi connectivity index (χ2v) is 8.51. The lowest BCUT2D eigenvalue weighted by atomic mass is 10.0. The predicted octanol–water partition coefficient (Wildman–Crippen LogP) is 4.17. The third kappa shape index (κ3) is 3.58. The molecule has 3 amide bonds. The van der Waals surface area contributed by atoms with Crippen molar-refractivity contribution in [3.8, 4) is 11.1 Å². The summed E-state index contributed by atoms with van der Waals surface area (Å²) in [6.45, 7) is -0.509. The highest BCUT2D eigenvalue weighted by Crippen LogP contribution is 2.38. The molecule has 1 aliphatic carbocycles. The monoisotopic (exact) mass is 446 g/mol. The highest BCUT2D eigenvalue weighted by atomic mass is 32.1. The van der Waals surface area contributed by atoms with Crippen LogP contribution in [0.3, 0.4) is 0 Å². The molecule has 1 N–H and O–H groups in total. The molecule has 1 fully saturated rings. The van der Waals surface area contributed by atoms with Gasteiger partial charge in [-0.15, -0.1) is 11.3 Å². The summed E-state index contributed by atoms with van der Waals surface area (Å²) in [6, 6.07) is 15.8. The Balaban J connectivity index is 1.40. The average Bonchev–Trinajstić information content (AvgIpc) is 3.55. The van der Waals surface area contributed by atoms with Crippen molar-refractivity contribution in [2.45, 2.75) is 12.8 Å². The molecule has 2 aromatic carbocycles. The number of ether oxygens (including phenoxy) is 1. The number of nitrogens with zero attached hydrogens (tertiary/aromatic N) is 1. The van der Waals surface area contributed by atoms with Crippen LogP contribution in [0.1, 0.15) is 43.9 Å². The van der Waals surface area contributed by atoms with Gasteiger partial charge in [-0.3, -0.25) is 14.4 Å². The lowest BCUT2D eigenvalue weighted by Gasteiger charge is -2.15. The van der Waals surface area contributed by atoms with Crippen molar-refractivity contribution in [1.82, 2.24) is 4.90 Å². The first-order valence-electron chi connectivity index (χ1n) is 10.1. The van der Waals surface area contributed by atoms with Gasteiger partial charge in [0.25, 0.3) is 11.8 Å². The molecule has 0 atom stereocenters. The number of imide groups is 1. The highest BCUT2D eigenvalue weighted by molar-refractivity contribution is 7.15. The molecule has 2 heterocycles. The van der Waals surface area contributed by atoms with Gasteiger partial charge in [0.05, 0.1) is 11.1 Å². The Morgan fingerprint density at radius 1 is 0.938 bits per heavy atom. The van der Waals surface area contributed by atoms with Gasteiger partial charge in [0, 0.05) is 16.9 Å². The number of carbonyl (C=O) groups is 4. The molecule has 1 saturated carbocycles. The summed E-state index contributed by atoms with van der Waals surface area (Å²) in [5.74, 6) is -1.88. The van der Waals surface area contributed by atoms with Gasteiger partial charge >= 0.3 is 5.97 Å². The predicted molar refractivity (Wildman–Crippen MR) is 118 cm³/mol. The van der Waals surface area contributed by atoms with Crippen molar-refractivity contribution in [2.24, 2.45) is 5.92 Å². The summed E-state index contributed by atoms with van der Waals surface area (Å²) in [7, 11) is 0. The summed E-state index contributed by atoms with van der Waals surface area (Å²) < 4.78 is 5.40. The van der Waals surface area contributed by atoms with E-state index in [-0.39, 0.29) is 28.5 Å². The van der Waals surface area contributed by atoms with Crippen molar-refractivity contribution in [2.75, 3.05) is 12.0 Å². The first-order chi connectivity index (χ1) is 15.5. The van der Waals surface area contributed by atoms with Crippen molar-refractivity contribution in [1.29, 1.82) is 0 Å². The standard InChI is InChI=1S/C24H18N2O5S/c27-20(15-10-11-15)25-21-19(18(12-32-21)14-6-2-1-3-7-14)24(30)31-13-26-22(28)16-8-4-5-9-17(16)23(26)29/h1-9,12,15H,10-11,13H2,(H,25,27). The third-order valence-electron chi connectivity index (χ3n) is 5.47. The van der Waals surface area contributed by atoms with Crippen molar-refractivity contribution < 1.29 is 23.9 Å². The zero-order valence-electron chi connectivity index (χ0n) is 16.9. The van der Waals surface area contributed by atoms with E-state index < -0.39 is 24.5 Å². The number of fused-ring (bicyclic) bond motifs is 1. The van der Waals surface area contributed by atoms with Crippen LogP contribution in [-0.4, -0.2) is 35.3 Å². The number of thiophene rings is 1. The number of rotatable bonds is 6. The lowest BCUT2D eigenvalue weighted by Crippen LogP contribution is -2.33. The number of esters is 1. The van der Waals surface area contributed by atoms with Crippen LogP contribution in [0.15, 0.2) is 60.0 Å². The molecule has 0 radical (unpaired) electrons. The van der Waals surface area contributed by atoms with Crippen LogP contribution >= 0.6 is 11.3 Å². The Bertz CT molecular complexity index is 1210. The van der Waals surface area contributed by atoms with E-state index in [2.05, 4.69) is 5.32 Å². The average molecular weight is 446 g/mol. The molecule has 160 valence electrons. The molecule has 0 spiro atoms. The molecule has 2 aliphatic rings. The van der Waals surface area contributed by atoms with Crippen LogP contribution < -0.4 is 5.32 Å². The molecular formula is C24H18N2O5S. The van der Waals surface area contributed by atoms with Crippen molar-refractivity contribution >= 4 is 40.0 Å². The Morgan fingerprint density at radius 3 is 2.19 bits per heavy atom. The van der Waals surface area contributed by atoms with E-state index in [0.717, 1.165) is 23.3 Å². The Morgan fingerprint density at radius 2 is 1.56 bits per heavy atom. The fourth-order valence-corrected chi connectivity index (χ4v) is 4.55. The van der Waals surface area contributed by atoms with Gasteiger partial charge in [-0.05, 0) is 30.5 Å². The van der Waals surface area contributed by atoms with E-state index in [4.69, 9.17) is 4.74 Å². The minimum absolute atomic E-state index is 0.0282. The quantitative estimate of drug-likeness (QED) is 0.453. The van der Waals surface area contributed by atoms with E-state index >= 15 is 0 Å². The van der Waals surface area contributed by atoms with Gasteiger partial charge in [-0.25, -0.2) is 9.69 Å². The zero-order valence-corrected chi connectivity index (χ0v) is 17.7. The summed E-state index contributed by atoms with van der Waals surface area (Å²) in [4.78, 5) is 51.4. The molecule has 0 saturated heterocycles. The zero-order chi connectivity index (χ0) is 22.2. The van der Waals surface area contributed by atoms with Gasteiger partial charge < -0.3 is 10.1 Å². The second-order valence-electron chi connectivity index (χ2n) is 7.63. The van der Waals surface area contributed by atoms with Gasteiger partial charge in [0.1, 0.15) is 10.6 Å². The van der Waals surface area contributed by atoms with Crippen LogP contribution in [-0.2, 0) is 9.53 Å². The van der Waals surface area contributed by atoms with Crippen molar-refractivity contribution in [3.63, 3.8) is 0 Å². The minimum Gasteiger partial charge on any atom is -0.440 e. The fraction of sp³-hybridized carbons (Fsp3) is 0.167. The number of benzene rings is 2. The summed E-state index contributed by atoms with van der Waals surface area (Å²) in [6.07, 6.45) is 1.67. The van der Waals surface area contributed by atoms with Gasteiger partial charge in [0.2, 0.25) is 5.91 Å². The number of hydrogen-bond acceptors (Lipinski definition) is 6. The van der Waals surface area contributed by atoms with Crippen molar-refractivity contribution in [3.05, 3.63) is 76.7 Å². The first kappa shape index (κ1) is 20.1. The van der Waals surface area contributed by atoms with Gasteiger partial charge in [-0.1, -0.05) is 42.5 Å². The molecule has 5 rings (SSSR count).